The third-order valence-corrected chi connectivity index (χ3v) is 10.9. The Labute approximate surface area is 362 Å². The smallest absolute Gasteiger partial charge is 0.148 e. The van der Waals surface area contributed by atoms with Crippen molar-refractivity contribution in [2.24, 2.45) is 0 Å². The van der Waals surface area contributed by atoms with Crippen molar-refractivity contribution in [2.75, 3.05) is 0 Å². The molecule has 0 unspecified atom stereocenters. The predicted octanol–water partition coefficient (Wildman–Crippen LogP) is 14.0. The molecule has 0 radical (unpaired) electrons. The number of aromatic hydroxyl groups is 1. The topological polar surface area (TPSA) is 50.9 Å². The summed E-state index contributed by atoms with van der Waals surface area (Å²) in [5.74, 6) is -0.0983. The van der Waals surface area contributed by atoms with Gasteiger partial charge in [-0.2, -0.15) is 0 Å². The van der Waals surface area contributed by atoms with E-state index < -0.39 is 5.89 Å². The molecule has 0 atom stereocenters. The number of hydrogen-bond donors (Lipinski definition) is 1. The molecule has 1 N–H and O–H groups in total. The Bertz CT molecular complexity index is 3000. The zero-order valence-electron chi connectivity index (χ0n) is 34.7. The Morgan fingerprint density at radius 3 is 2.02 bits per heavy atom. The van der Waals surface area contributed by atoms with E-state index in [0.717, 1.165) is 89.2 Å². The third-order valence-electron chi connectivity index (χ3n) is 10.9. The maximum Gasteiger partial charge on any atom is 0.148 e. The number of hydrogen-bond acceptors (Lipinski definition) is 3. The zero-order valence-corrected chi connectivity index (χ0v) is 36.0. The van der Waals surface area contributed by atoms with Crippen LogP contribution in [0.2, 0.25) is 0 Å². The SMILES string of the molecule is [2H]C(C)(C)c1cc(-n2c(-c3cc(C)cc(C)c3O)nc3c(-c4[c-]c(-c5cc(-c6ccc(C)cc6)ccn5)cc(-c5ccccc5)c4)cccc32)ccc1-c1ccccc1.[Pt]. The fourth-order valence-corrected chi connectivity index (χ4v) is 8.00. The van der Waals surface area contributed by atoms with Crippen LogP contribution in [-0.2, 0) is 21.1 Å². The summed E-state index contributed by atoms with van der Waals surface area (Å²) >= 11 is 0. The third kappa shape index (κ3) is 7.69. The van der Waals surface area contributed by atoms with Crippen LogP contribution in [0, 0.1) is 26.8 Å². The molecule has 292 valence electrons. The summed E-state index contributed by atoms with van der Waals surface area (Å²) in [6.45, 7) is 9.92. The second-order valence-electron chi connectivity index (χ2n) is 15.4. The van der Waals surface area contributed by atoms with Gasteiger partial charge in [-0.05, 0) is 102 Å². The van der Waals surface area contributed by atoms with E-state index in [-0.39, 0.29) is 26.8 Å². The second-order valence-corrected chi connectivity index (χ2v) is 15.4. The van der Waals surface area contributed by atoms with Crippen molar-refractivity contribution in [1.29, 1.82) is 0 Å². The number of phenols is 1. The minimum absolute atomic E-state index is 0. The van der Waals surface area contributed by atoms with Gasteiger partial charge in [-0.15, -0.1) is 23.8 Å². The summed E-state index contributed by atoms with van der Waals surface area (Å²) in [5, 5.41) is 11.7. The van der Waals surface area contributed by atoms with Gasteiger partial charge in [0.1, 0.15) is 11.6 Å². The van der Waals surface area contributed by atoms with Gasteiger partial charge in [0.05, 0.1) is 16.6 Å². The van der Waals surface area contributed by atoms with Gasteiger partial charge in [-0.1, -0.05) is 151 Å². The first-order valence-electron chi connectivity index (χ1n) is 20.2. The van der Waals surface area contributed by atoms with E-state index in [2.05, 4.69) is 133 Å². The Morgan fingerprint density at radius 1 is 0.593 bits per heavy atom. The van der Waals surface area contributed by atoms with Gasteiger partial charge in [0.15, 0.2) is 0 Å². The number of aryl methyl sites for hydroxylation is 3. The number of fused-ring (bicyclic) bond motifs is 1. The van der Waals surface area contributed by atoms with Gasteiger partial charge >= 0.3 is 0 Å². The van der Waals surface area contributed by atoms with Crippen LogP contribution < -0.4 is 0 Å². The number of imidazole rings is 1. The summed E-state index contributed by atoms with van der Waals surface area (Å²) in [5.41, 5.74) is 16.9. The Morgan fingerprint density at radius 2 is 1.29 bits per heavy atom. The molecule has 0 aliphatic heterocycles. The van der Waals surface area contributed by atoms with Gasteiger partial charge in [-0.25, -0.2) is 4.98 Å². The Hall–Kier alpha value is -6.35. The number of nitrogens with zero attached hydrogens (tertiary/aromatic N) is 3. The van der Waals surface area contributed by atoms with Crippen LogP contribution in [0.1, 0.15) is 43.4 Å². The van der Waals surface area contributed by atoms with Crippen LogP contribution in [0.5, 0.6) is 5.75 Å². The predicted molar refractivity (Wildman–Crippen MR) is 240 cm³/mol. The van der Waals surface area contributed by atoms with E-state index >= 15 is 0 Å². The van der Waals surface area contributed by atoms with Crippen LogP contribution in [-0.4, -0.2) is 19.6 Å². The van der Waals surface area contributed by atoms with E-state index in [0.29, 0.717) is 11.4 Å². The number of aromatic nitrogens is 3. The van der Waals surface area contributed by atoms with Gasteiger partial charge in [-0.3, -0.25) is 9.55 Å². The first-order valence-corrected chi connectivity index (χ1v) is 19.7. The molecule has 9 rings (SSSR count). The fourth-order valence-electron chi connectivity index (χ4n) is 8.00. The van der Waals surface area contributed by atoms with Crippen molar-refractivity contribution in [1.82, 2.24) is 14.5 Å². The Balaban J connectivity index is 0.00000499. The monoisotopic (exact) mass is 946 g/mol. The summed E-state index contributed by atoms with van der Waals surface area (Å²) < 4.78 is 11.4. The standard InChI is InChI=1S/C54H44N3O.Pt/c1-34(2)48-33-45(23-24-46(48)40-15-10-7-11-16-40)57-51-18-12-17-47(52(51)56-54(57)49-28-36(4)27-37(5)53(49)58)43-29-42(38-13-8-6-9-14-38)30-44(31-43)50-32-41(25-26-55-50)39-21-19-35(3)20-22-39;/h6-30,32-34,58H,1-5H3;/q-1;/i34D;. The zero-order chi connectivity index (χ0) is 40.8. The number of pyridine rings is 1. The molecule has 0 aliphatic carbocycles. The molecule has 5 heteroatoms. The van der Waals surface area contributed by atoms with Gasteiger partial charge < -0.3 is 5.11 Å². The average molecular weight is 947 g/mol. The van der Waals surface area contributed by atoms with E-state index in [4.69, 9.17) is 9.97 Å². The molecular formula is C54H44N3OPt-. The summed E-state index contributed by atoms with van der Waals surface area (Å²) in [6, 6.07) is 58.1. The van der Waals surface area contributed by atoms with E-state index in [1.54, 1.807) is 0 Å². The van der Waals surface area contributed by atoms with Crippen molar-refractivity contribution in [3.63, 3.8) is 0 Å². The van der Waals surface area contributed by atoms with Crippen LogP contribution in [0.25, 0.3) is 83.9 Å². The summed E-state index contributed by atoms with van der Waals surface area (Å²) in [7, 11) is 0. The number of benzene rings is 7. The quantitative estimate of drug-likeness (QED) is 0.154. The molecule has 0 spiro atoms. The fraction of sp³-hybridized carbons (Fsp3) is 0.111. The molecular weight excluding hydrogens is 902 g/mol. The van der Waals surface area contributed by atoms with Crippen LogP contribution in [0.3, 0.4) is 0 Å². The minimum Gasteiger partial charge on any atom is -0.507 e. The first-order chi connectivity index (χ1) is 28.5. The molecule has 2 aromatic heterocycles. The molecule has 0 saturated carbocycles. The van der Waals surface area contributed by atoms with Gasteiger partial charge in [0.25, 0.3) is 0 Å². The second kappa shape index (κ2) is 16.5. The molecule has 2 heterocycles. The van der Waals surface area contributed by atoms with E-state index in [1.165, 1.54) is 5.56 Å². The van der Waals surface area contributed by atoms with Crippen molar-refractivity contribution in [3.8, 4) is 78.6 Å². The van der Waals surface area contributed by atoms with Crippen molar-refractivity contribution in [3.05, 3.63) is 192 Å². The summed E-state index contributed by atoms with van der Waals surface area (Å²) in [6.07, 6.45) is 1.87. The summed E-state index contributed by atoms with van der Waals surface area (Å²) in [4.78, 5) is 10.3. The maximum atomic E-state index is 11.7. The molecule has 4 nitrogen and oxygen atoms in total. The number of para-hydroxylation sites is 1. The van der Waals surface area contributed by atoms with Crippen LogP contribution in [0.15, 0.2) is 164 Å². The molecule has 59 heavy (non-hydrogen) atoms. The van der Waals surface area contributed by atoms with Crippen molar-refractivity contribution < 1.29 is 27.5 Å². The first kappa shape index (κ1) is 38.2. The van der Waals surface area contributed by atoms with Gasteiger partial charge in [0, 0.05) is 40.0 Å². The van der Waals surface area contributed by atoms with Gasteiger partial charge in [0.2, 0.25) is 0 Å². The average Bonchev–Trinajstić information content (AvgIpc) is 3.65. The van der Waals surface area contributed by atoms with Crippen molar-refractivity contribution >= 4 is 11.0 Å². The molecule has 9 aromatic rings. The van der Waals surface area contributed by atoms with Crippen LogP contribution in [0.4, 0.5) is 0 Å². The van der Waals surface area contributed by atoms with Crippen molar-refractivity contribution in [2.45, 2.75) is 40.5 Å². The maximum absolute atomic E-state index is 11.7. The number of rotatable bonds is 8. The largest absolute Gasteiger partial charge is 0.507 e. The molecule has 7 aromatic carbocycles. The minimum atomic E-state index is -0.904. The number of phenolic OH excluding ortho intramolecular Hbond substituents is 1. The van der Waals surface area contributed by atoms with Crippen LogP contribution >= 0.6 is 0 Å². The Kier molecular flexibility index (Phi) is 10.7. The molecule has 0 fully saturated rings. The normalized spacial score (nSPS) is 11.6. The molecule has 0 amide bonds. The van der Waals surface area contributed by atoms with E-state index in [9.17, 15) is 6.48 Å². The molecule has 0 aliphatic rings. The van der Waals surface area contributed by atoms with E-state index in [1.807, 2.05) is 76.4 Å². The molecule has 0 saturated heterocycles. The molecule has 0 bridgehead atoms.